The zero-order chi connectivity index (χ0) is 24.6. The Morgan fingerprint density at radius 1 is 1.03 bits per heavy atom. The maximum absolute atomic E-state index is 12.5. The van der Waals surface area contributed by atoms with Crippen molar-refractivity contribution in [3.8, 4) is 11.5 Å². The molecule has 0 radical (unpaired) electrons. The molecule has 0 aliphatic carbocycles. The fourth-order valence-electron chi connectivity index (χ4n) is 3.32. The second kappa shape index (κ2) is 11.7. The van der Waals surface area contributed by atoms with Crippen LogP contribution < -0.4 is 10.1 Å². The first-order chi connectivity index (χ1) is 15.5. The van der Waals surface area contributed by atoms with E-state index in [1.54, 1.807) is 12.1 Å². The van der Waals surface area contributed by atoms with E-state index < -0.39 is 5.41 Å². The fourth-order valence-corrected chi connectivity index (χ4v) is 3.32. The Balaban J connectivity index is 1.98. The van der Waals surface area contributed by atoms with Gasteiger partial charge in [-0.15, -0.1) is 0 Å². The highest BCUT2D eigenvalue weighted by Crippen LogP contribution is 2.26. The molecule has 1 atom stereocenters. The van der Waals surface area contributed by atoms with Crippen LogP contribution in [-0.4, -0.2) is 37.2 Å². The van der Waals surface area contributed by atoms with Gasteiger partial charge in [-0.1, -0.05) is 24.3 Å². The molecule has 2 aromatic carbocycles. The zero-order valence-electron chi connectivity index (χ0n) is 20.7. The number of aromatic hydroxyl groups is 1. The molecule has 0 aromatic heterocycles. The van der Waals surface area contributed by atoms with Crippen LogP contribution in [0.4, 0.5) is 0 Å². The Hall–Kier alpha value is -3.02. The molecule has 2 N–H and O–H groups in total. The van der Waals surface area contributed by atoms with Crippen molar-refractivity contribution in [1.82, 2.24) is 5.32 Å². The van der Waals surface area contributed by atoms with E-state index in [1.165, 1.54) is 29.9 Å². The summed E-state index contributed by atoms with van der Waals surface area (Å²) in [5.41, 5.74) is 3.91. The number of carbonyl (C=O) groups excluding carboxylic acids is 2. The van der Waals surface area contributed by atoms with Gasteiger partial charge >= 0.3 is 5.97 Å². The van der Waals surface area contributed by atoms with Crippen LogP contribution in [0.5, 0.6) is 11.5 Å². The second-order valence-corrected chi connectivity index (χ2v) is 9.66. The summed E-state index contributed by atoms with van der Waals surface area (Å²) in [5, 5.41) is 12.7. The first kappa shape index (κ1) is 26.2. The Morgan fingerprint density at radius 2 is 1.73 bits per heavy atom. The quantitative estimate of drug-likeness (QED) is 0.515. The number of carbonyl (C=O) groups is 2. The molecule has 0 aliphatic heterocycles. The third-order valence-corrected chi connectivity index (χ3v) is 5.67. The van der Waals surface area contributed by atoms with E-state index in [2.05, 4.69) is 37.4 Å². The Bertz CT molecular complexity index is 961. The molecule has 1 amide bonds. The first-order valence-corrected chi connectivity index (χ1v) is 11.4. The van der Waals surface area contributed by atoms with Gasteiger partial charge in [0.15, 0.2) is 11.5 Å². The minimum Gasteiger partial charge on any atom is -0.504 e. The molecule has 2 aromatic rings. The highest BCUT2D eigenvalue weighted by Gasteiger charge is 2.24. The van der Waals surface area contributed by atoms with Crippen LogP contribution in [0.2, 0.25) is 0 Å². The monoisotopic (exact) mass is 455 g/mol. The summed E-state index contributed by atoms with van der Waals surface area (Å²) in [7, 11) is 1.47. The normalized spacial score (nSPS) is 12.2. The molecule has 6 heteroatoms. The Morgan fingerprint density at radius 3 is 2.36 bits per heavy atom. The third kappa shape index (κ3) is 8.44. The van der Waals surface area contributed by atoms with Gasteiger partial charge in [-0.2, -0.15) is 0 Å². The molecular weight excluding hydrogens is 418 g/mol. The molecule has 0 saturated carbocycles. The van der Waals surface area contributed by atoms with E-state index in [0.717, 1.165) is 18.4 Å². The molecular formula is C27H37NO5. The second-order valence-electron chi connectivity index (χ2n) is 9.66. The number of aryl methyl sites for hydroxylation is 3. The number of esters is 1. The minimum absolute atomic E-state index is 0.00351. The summed E-state index contributed by atoms with van der Waals surface area (Å²) in [5.74, 6) is -0.0205. The fraction of sp³-hybridized carbons (Fsp3) is 0.481. The average molecular weight is 456 g/mol. The number of rotatable bonds is 10. The van der Waals surface area contributed by atoms with Gasteiger partial charge < -0.3 is 19.9 Å². The number of benzene rings is 2. The summed E-state index contributed by atoms with van der Waals surface area (Å²) in [6.45, 7) is 10.3. The van der Waals surface area contributed by atoms with Crippen molar-refractivity contribution in [2.45, 2.75) is 53.9 Å². The van der Waals surface area contributed by atoms with Crippen molar-refractivity contribution in [3.05, 3.63) is 58.7 Å². The molecule has 2 rings (SSSR count). The summed E-state index contributed by atoms with van der Waals surface area (Å²) >= 11 is 0. The van der Waals surface area contributed by atoms with Crippen LogP contribution in [0.1, 0.15) is 49.4 Å². The molecule has 0 bridgehead atoms. The van der Waals surface area contributed by atoms with Crippen LogP contribution >= 0.6 is 0 Å². The van der Waals surface area contributed by atoms with Gasteiger partial charge in [0.2, 0.25) is 5.91 Å². The smallest absolute Gasteiger partial charge is 0.311 e. The maximum atomic E-state index is 12.5. The lowest BCUT2D eigenvalue weighted by atomic mass is 9.96. The van der Waals surface area contributed by atoms with Crippen molar-refractivity contribution < 1.29 is 24.2 Å². The molecule has 0 fully saturated rings. The van der Waals surface area contributed by atoms with Crippen molar-refractivity contribution in [3.63, 3.8) is 0 Å². The number of nitrogens with one attached hydrogen (secondary N) is 1. The van der Waals surface area contributed by atoms with Gasteiger partial charge in [0.25, 0.3) is 0 Å². The van der Waals surface area contributed by atoms with E-state index in [-0.39, 0.29) is 36.6 Å². The SMILES string of the molecule is COc1cc(CC(=O)NCC(CCc2ccc(C)c(C)c2)COC(=O)C(C)(C)C)ccc1O. The van der Waals surface area contributed by atoms with Gasteiger partial charge in [-0.3, -0.25) is 9.59 Å². The van der Waals surface area contributed by atoms with Gasteiger partial charge in [-0.25, -0.2) is 0 Å². The zero-order valence-corrected chi connectivity index (χ0v) is 20.7. The predicted molar refractivity (Wildman–Crippen MR) is 130 cm³/mol. The number of phenolic OH excluding ortho intramolecular Hbond substituents is 1. The summed E-state index contributed by atoms with van der Waals surface area (Å²) in [6.07, 6.45) is 1.79. The number of amides is 1. The number of ether oxygens (including phenoxy) is 2. The highest BCUT2D eigenvalue weighted by atomic mass is 16.5. The van der Waals surface area contributed by atoms with Crippen LogP contribution in [0.15, 0.2) is 36.4 Å². The third-order valence-electron chi connectivity index (χ3n) is 5.67. The lowest BCUT2D eigenvalue weighted by Gasteiger charge is -2.22. The van der Waals surface area contributed by atoms with Crippen molar-refractivity contribution in [2.24, 2.45) is 11.3 Å². The van der Waals surface area contributed by atoms with E-state index in [9.17, 15) is 14.7 Å². The van der Waals surface area contributed by atoms with E-state index >= 15 is 0 Å². The van der Waals surface area contributed by atoms with Crippen LogP contribution in [0.25, 0.3) is 0 Å². The predicted octanol–water partition coefficient (Wildman–Crippen LogP) is 4.51. The van der Waals surface area contributed by atoms with E-state index in [0.29, 0.717) is 12.3 Å². The molecule has 6 nitrogen and oxygen atoms in total. The molecule has 180 valence electrons. The molecule has 0 spiro atoms. The molecule has 0 heterocycles. The Labute approximate surface area is 197 Å². The largest absolute Gasteiger partial charge is 0.504 e. The molecule has 0 aliphatic rings. The highest BCUT2D eigenvalue weighted by molar-refractivity contribution is 5.78. The van der Waals surface area contributed by atoms with Crippen molar-refractivity contribution in [2.75, 3.05) is 20.3 Å². The van der Waals surface area contributed by atoms with Crippen molar-refractivity contribution in [1.29, 1.82) is 0 Å². The molecule has 0 saturated heterocycles. The molecule has 1 unspecified atom stereocenters. The summed E-state index contributed by atoms with van der Waals surface area (Å²) in [4.78, 5) is 24.8. The van der Waals surface area contributed by atoms with Gasteiger partial charge in [0.1, 0.15) is 0 Å². The van der Waals surface area contributed by atoms with Gasteiger partial charge in [-0.05, 0) is 81.8 Å². The standard InChI is InChI=1S/C27H37NO5/c1-18-7-8-20(13-19(18)2)9-10-22(17-33-26(31)27(3,4)5)16-28-25(30)15-21-11-12-23(29)24(14-21)32-6/h7-8,11-14,22,29H,9-10,15-17H2,1-6H3,(H,28,30). The van der Waals surface area contributed by atoms with Crippen LogP contribution in [-0.2, 0) is 27.2 Å². The number of methoxy groups -OCH3 is 1. The summed E-state index contributed by atoms with van der Waals surface area (Å²) in [6, 6.07) is 11.3. The number of hydrogen-bond acceptors (Lipinski definition) is 5. The first-order valence-electron chi connectivity index (χ1n) is 11.4. The lowest BCUT2D eigenvalue weighted by molar-refractivity contribution is -0.154. The lowest BCUT2D eigenvalue weighted by Crippen LogP contribution is -2.34. The summed E-state index contributed by atoms with van der Waals surface area (Å²) < 4.78 is 10.7. The van der Waals surface area contributed by atoms with Crippen LogP contribution in [0, 0.1) is 25.2 Å². The van der Waals surface area contributed by atoms with Crippen molar-refractivity contribution >= 4 is 11.9 Å². The number of hydrogen-bond donors (Lipinski definition) is 2. The number of phenols is 1. The average Bonchev–Trinajstić information content (AvgIpc) is 2.75. The minimum atomic E-state index is -0.570. The van der Waals surface area contributed by atoms with E-state index in [1.807, 2.05) is 20.8 Å². The van der Waals surface area contributed by atoms with Gasteiger partial charge in [0, 0.05) is 12.5 Å². The van der Waals surface area contributed by atoms with Gasteiger partial charge in [0.05, 0.1) is 25.6 Å². The topological polar surface area (TPSA) is 84.9 Å². The van der Waals surface area contributed by atoms with Crippen LogP contribution in [0.3, 0.4) is 0 Å². The molecule has 33 heavy (non-hydrogen) atoms. The maximum Gasteiger partial charge on any atom is 0.311 e. The van der Waals surface area contributed by atoms with E-state index in [4.69, 9.17) is 9.47 Å². The Kier molecular flexibility index (Phi) is 9.32.